The quantitative estimate of drug-likeness (QED) is 0.737. The first-order valence-electron chi connectivity index (χ1n) is 5.75. The summed E-state index contributed by atoms with van der Waals surface area (Å²) in [4.78, 5) is 15.8. The molecule has 1 atom stereocenters. The van der Waals surface area contributed by atoms with Crippen LogP contribution in [0.2, 0.25) is 0 Å². The van der Waals surface area contributed by atoms with Gasteiger partial charge in [0, 0.05) is 6.04 Å². The molecule has 1 unspecified atom stereocenters. The zero-order valence-corrected chi connectivity index (χ0v) is 10.8. The minimum atomic E-state index is -0.794. The van der Waals surface area contributed by atoms with Crippen LogP contribution in [0.1, 0.15) is 27.7 Å². The van der Waals surface area contributed by atoms with Crippen LogP contribution in [0.4, 0.5) is 0 Å². The summed E-state index contributed by atoms with van der Waals surface area (Å²) in [6, 6.07) is 0.174. The van der Waals surface area contributed by atoms with Gasteiger partial charge in [-0.1, -0.05) is 0 Å². The fourth-order valence-corrected chi connectivity index (χ4v) is 1.74. The first kappa shape index (κ1) is 13.6. The summed E-state index contributed by atoms with van der Waals surface area (Å²) in [6.45, 7) is 8.34. The third-order valence-corrected chi connectivity index (χ3v) is 2.28. The van der Waals surface area contributed by atoms with E-state index in [9.17, 15) is 4.79 Å². The minimum Gasteiger partial charge on any atom is -0.465 e. The Kier molecular flexibility index (Phi) is 4.62. The standard InChI is InChI=1S/C11H20N4O2/c1-5-17-10(16)11(4,14-9(2)3)6-15-8-12-7-13-15/h7-9,14H,5-6H2,1-4H3. The number of carbonyl (C=O) groups is 1. The van der Waals surface area contributed by atoms with Crippen molar-refractivity contribution in [2.24, 2.45) is 0 Å². The van der Waals surface area contributed by atoms with E-state index in [1.165, 1.54) is 6.33 Å². The molecular weight excluding hydrogens is 220 g/mol. The Morgan fingerprint density at radius 2 is 2.29 bits per heavy atom. The molecule has 0 spiro atoms. The number of aromatic nitrogens is 3. The fraction of sp³-hybridized carbons (Fsp3) is 0.727. The highest BCUT2D eigenvalue weighted by Crippen LogP contribution is 2.11. The lowest BCUT2D eigenvalue weighted by atomic mass is 10.0. The third-order valence-electron chi connectivity index (χ3n) is 2.28. The van der Waals surface area contributed by atoms with Gasteiger partial charge in [-0.2, -0.15) is 5.10 Å². The number of rotatable bonds is 6. The molecule has 0 aliphatic carbocycles. The second-order valence-electron chi connectivity index (χ2n) is 4.44. The Bertz CT molecular complexity index is 350. The van der Waals surface area contributed by atoms with Crippen molar-refractivity contribution in [3.8, 4) is 0 Å². The van der Waals surface area contributed by atoms with E-state index in [1.54, 1.807) is 17.9 Å². The molecule has 6 heteroatoms. The van der Waals surface area contributed by atoms with Crippen LogP contribution in [0.25, 0.3) is 0 Å². The van der Waals surface area contributed by atoms with E-state index in [-0.39, 0.29) is 12.0 Å². The smallest absolute Gasteiger partial charge is 0.327 e. The van der Waals surface area contributed by atoms with Crippen LogP contribution >= 0.6 is 0 Å². The van der Waals surface area contributed by atoms with Crippen LogP contribution in [0.15, 0.2) is 12.7 Å². The fourth-order valence-electron chi connectivity index (χ4n) is 1.74. The second kappa shape index (κ2) is 5.77. The Labute approximate surface area is 101 Å². The van der Waals surface area contributed by atoms with Crippen molar-refractivity contribution in [3.63, 3.8) is 0 Å². The molecule has 17 heavy (non-hydrogen) atoms. The van der Waals surface area contributed by atoms with Gasteiger partial charge in [-0.25, -0.2) is 9.78 Å². The molecule has 0 radical (unpaired) electrons. The predicted molar refractivity (Wildman–Crippen MR) is 63.3 cm³/mol. The molecule has 1 aromatic heterocycles. The van der Waals surface area contributed by atoms with Gasteiger partial charge in [0.2, 0.25) is 0 Å². The summed E-state index contributed by atoms with van der Waals surface area (Å²) >= 11 is 0. The average molecular weight is 240 g/mol. The van der Waals surface area contributed by atoms with Gasteiger partial charge in [-0.15, -0.1) is 0 Å². The summed E-state index contributed by atoms with van der Waals surface area (Å²) in [5, 5.41) is 7.22. The van der Waals surface area contributed by atoms with Gasteiger partial charge in [-0.3, -0.25) is 10.00 Å². The van der Waals surface area contributed by atoms with Crippen molar-refractivity contribution in [3.05, 3.63) is 12.7 Å². The first-order valence-corrected chi connectivity index (χ1v) is 5.75. The number of carbonyl (C=O) groups excluding carboxylic acids is 1. The predicted octanol–water partition coefficient (Wildman–Crippen LogP) is 0.598. The summed E-state index contributed by atoms with van der Waals surface area (Å²) in [6.07, 6.45) is 3.03. The number of nitrogens with one attached hydrogen (secondary N) is 1. The van der Waals surface area contributed by atoms with Gasteiger partial charge >= 0.3 is 5.97 Å². The summed E-state index contributed by atoms with van der Waals surface area (Å²) in [5.41, 5.74) is -0.794. The second-order valence-corrected chi connectivity index (χ2v) is 4.44. The first-order chi connectivity index (χ1) is 7.98. The highest BCUT2D eigenvalue weighted by molar-refractivity contribution is 5.80. The largest absolute Gasteiger partial charge is 0.465 e. The molecule has 0 aliphatic rings. The van der Waals surface area contributed by atoms with Crippen molar-refractivity contribution >= 4 is 5.97 Å². The maximum Gasteiger partial charge on any atom is 0.327 e. The Morgan fingerprint density at radius 1 is 1.59 bits per heavy atom. The SMILES string of the molecule is CCOC(=O)C(C)(Cn1cncn1)NC(C)C. The highest BCUT2D eigenvalue weighted by Gasteiger charge is 2.36. The van der Waals surface area contributed by atoms with Crippen molar-refractivity contribution in [2.45, 2.75) is 45.8 Å². The molecule has 1 heterocycles. The molecule has 6 nitrogen and oxygen atoms in total. The van der Waals surface area contributed by atoms with Crippen molar-refractivity contribution in [1.29, 1.82) is 0 Å². The van der Waals surface area contributed by atoms with Crippen LogP contribution in [0.3, 0.4) is 0 Å². The van der Waals surface area contributed by atoms with E-state index in [0.717, 1.165) is 0 Å². The molecule has 0 amide bonds. The van der Waals surface area contributed by atoms with Crippen LogP contribution in [0.5, 0.6) is 0 Å². The third kappa shape index (κ3) is 3.81. The topological polar surface area (TPSA) is 69.0 Å². The maximum absolute atomic E-state index is 12.0. The number of ether oxygens (including phenoxy) is 1. The number of nitrogens with zero attached hydrogens (tertiary/aromatic N) is 3. The maximum atomic E-state index is 12.0. The summed E-state index contributed by atoms with van der Waals surface area (Å²) in [7, 11) is 0. The molecule has 1 rings (SSSR count). The van der Waals surface area contributed by atoms with Gasteiger partial charge in [0.05, 0.1) is 13.2 Å². The monoisotopic (exact) mass is 240 g/mol. The van der Waals surface area contributed by atoms with Crippen molar-refractivity contribution in [2.75, 3.05) is 6.61 Å². The lowest BCUT2D eigenvalue weighted by molar-refractivity contribution is -0.151. The zero-order chi connectivity index (χ0) is 12.9. The number of hydrogen-bond acceptors (Lipinski definition) is 5. The highest BCUT2D eigenvalue weighted by atomic mass is 16.5. The normalized spacial score (nSPS) is 14.6. The molecule has 0 bridgehead atoms. The summed E-state index contributed by atoms with van der Waals surface area (Å²) in [5.74, 6) is -0.274. The van der Waals surface area contributed by atoms with Gasteiger partial charge in [-0.05, 0) is 27.7 Å². The van der Waals surface area contributed by atoms with Crippen molar-refractivity contribution in [1.82, 2.24) is 20.1 Å². The van der Waals surface area contributed by atoms with E-state index in [0.29, 0.717) is 13.2 Å². The van der Waals surface area contributed by atoms with E-state index >= 15 is 0 Å². The van der Waals surface area contributed by atoms with E-state index in [4.69, 9.17) is 4.74 Å². The van der Waals surface area contributed by atoms with E-state index in [1.807, 2.05) is 20.8 Å². The minimum absolute atomic E-state index is 0.174. The number of hydrogen-bond donors (Lipinski definition) is 1. The van der Waals surface area contributed by atoms with Crippen molar-refractivity contribution < 1.29 is 9.53 Å². The molecule has 96 valence electrons. The molecule has 1 aromatic rings. The van der Waals surface area contributed by atoms with Crippen LogP contribution in [-0.4, -0.2) is 38.9 Å². The average Bonchev–Trinajstić information content (AvgIpc) is 2.69. The van der Waals surface area contributed by atoms with Crippen LogP contribution < -0.4 is 5.32 Å². The van der Waals surface area contributed by atoms with Crippen LogP contribution in [-0.2, 0) is 16.1 Å². The summed E-state index contributed by atoms with van der Waals surface area (Å²) < 4.78 is 6.71. The van der Waals surface area contributed by atoms with Crippen LogP contribution in [0, 0.1) is 0 Å². The molecular formula is C11H20N4O2. The molecule has 0 saturated heterocycles. The Balaban J connectivity index is 2.81. The lowest BCUT2D eigenvalue weighted by Crippen LogP contribution is -2.56. The molecule has 0 saturated carbocycles. The molecule has 0 aromatic carbocycles. The molecule has 0 aliphatic heterocycles. The van der Waals surface area contributed by atoms with Gasteiger partial charge in [0.25, 0.3) is 0 Å². The Hall–Kier alpha value is -1.43. The molecule has 0 fully saturated rings. The zero-order valence-electron chi connectivity index (χ0n) is 10.8. The van der Waals surface area contributed by atoms with Gasteiger partial charge in [0.1, 0.15) is 18.2 Å². The van der Waals surface area contributed by atoms with E-state index < -0.39 is 5.54 Å². The van der Waals surface area contributed by atoms with Gasteiger partial charge < -0.3 is 4.74 Å². The molecule has 1 N–H and O–H groups in total. The number of esters is 1. The lowest BCUT2D eigenvalue weighted by Gasteiger charge is -2.30. The van der Waals surface area contributed by atoms with Gasteiger partial charge in [0.15, 0.2) is 0 Å². The Morgan fingerprint density at radius 3 is 2.76 bits per heavy atom. The van der Waals surface area contributed by atoms with E-state index in [2.05, 4.69) is 15.4 Å².